The van der Waals surface area contributed by atoms with E-state index in [0.29, 0.717) is 24.3 Å². The highest BCUT2D eigenvalue weighted by Crippen LogP contribution is 2.24. The van der Waals surface area contributed by atoms with E-state index in [1.165, 1.54) is 0 Å². The minimum Gasteiger partial charge on any atom is -0.493 e. The van der Waals surface area contributed by atoms with Crippen LogP contribution in [0.2, 0.25) is 0 Å². The average Bonchev–Trinajstić information content (AvgIpc) is 2.38. The van der Waals surface area contributed by atoms with Crippen LogP contribution in [0.4, 0.5) is 0 Å². The smallest absolute Gasteiger partial charge is 0.250 e. The van der Waals surface area contributed by atoms with Crippen molar-refractivity contribution in [2.45, 2.75) is 6.42 Å². The number of benzene rings is 2. The fraction of sp³-hybridized carbons (Fsp3) is 0.214. The molecule has 2 aromatic carbocycles. The Kier molecular flexibility index (Phi) is 3.79. The predicted molar refractivity (Wildman–Crippen MR) is 68.5 cm³/mol. The molecule has 0 aliphatic rings. The van der Waals surface area contributed by atoms with Crippen molar-refractivity contribution in [3.05, 3.63) is 42.0 Å². The van der Waals surface area contributed by atoms with Crippen LogP contribution in [0.3, 0.4) is 0 Å². The first-order chi connectivity index (χ1) is 8.72. The van der Waals surface area contributed by atoms with Crippen LogP contribution in [0.15, 0.2) is 30.3 Å². The number of ether oxygens (including phenoxy) is 1. The van der Waals surface area contributed by atoms with Gasteiger partial charge >= 0.3 is 0 Å². The number of amides is 1. The fourth-order valence-electron chi connectivity index (χ4n) is 1.74. The normalized spacial score (nSPS) is 10.5. The lowest BCUT2D eigenvalue weighted by Gasteiger charge is -2.09. The molecule has 0 unspecified atom stereocenters. The zero-order valence-corrected chi connectivity index (χ0v) is 9.85. The molecule has 1 radical (unpaired) electrons. The van der Waals surface area contributed by atoms with Crippen LogP contribution in [0.1, 0.15) is 16.8 Å². The van der Waals surface area contributed by atoms with E-state index in [1.54, 1.807) is 6.07 Å². The number of carbonyl (C=O) groups is 1. The molecule has 1 amide bonds. The molecule has 0 aromatic heterocycles. The van der Waals surface area contributed by atoms with Crippen LogP contribution in [0.25, 0.3) is 10.8 Å². The number of hydrogen-bond acceptors (Lipinski definition) is 3. The third kappa shape index (κ3) is 2.60. The summed E-state index contributed by atoms with van der Waals surface area (Å²) >= 11 is 0. The van der Waals surface area contributed by atoms with Crippen molar-refractivity contribution >= 4 is 16.7 Å². The van der Waals surface area contributed by atoms with Crippen molar-refractivity contribution in [1.82, 2.24) is 0 Å². The van der Waals surface area contributed by atoms with Gasteiger partial charge in [-0.25, -0.2) is 0 Å². The van der Waals surface area contributed by atoms with Crippen LogP contribution in [-0.2, 0) is 0 Å². The molecule has 0 saturated carbocycles. The first-order valence-electron chi connectivity index (χ1n) is 5.71. The number of fused-ring (bicyclic) bond motifs is 1. The molecule has 0 saturated heterocycles. The van der Waals surface area contributed by atoms with Crippen LogP contribution < -0.4 is 10.5 Å². The van der Waals surface area contributed by atoms with Gasteiger partial charge in [0.1, 0.15) is 5.75 Å². The molecule has 0 aliphatic heterocycles. The summed E-state index contributed by atoms with van der Waals surface area (Å²) in [5.74, 6) is -0.0604. The van der Waals surface area contributed by atoms with Crippen LogP contribution in [0, 0.1) is 6.07 Å². The molecule has 4 nitrogen and oxygen atoms in total. The van der Waals surface area contributed by atoms with Gasteiger partial charge in [0.05, 0.1) is 12.2 Å². The maximum Gasteiger partial charge on any atom is 0.250 e. The second kappa shape index (κ2) is 5.51. The largest absolute Gasteiger partial charge is 0.493 e. The van der Waals surface area contributed by atoms with Gasteiger partial charge in [0.15, 0.2) is 0 Å². The minimum absolute atomic E-state index is 0.0657. The molecule has 4 heteroatoms. The molecule has 93 valence electrons. The molecule has 2 aromatic rings. The summed E-state index contributed by atoms with van der Waals surface area (Å²) in [5.41, 5.74) is 5.66. The van der Waals surface area contributed by atoms with Crippen LogP contribution in [0.5, 0.6) is 5.75 Å². The second-order valence-corrected chi connectivity index (χ2v) is 3.89. The van der Waals surface area contributed by atoms with Gasteiger partial charge in [-0.3, -0.25) is 4.79 Å². The predicted octanol–water partition coefficient (Wildman–Crippen LogP) is 1.50. The maximum atomic E-state index is 11.4. The number of aliphatic hydroxyl groups is 1. The Hall–Kier alpha value is -2.07. The van der Waals surface area contributed by atoms with Crippen molar-refractivity contribution in [2.75, 3.05) is 13.2 Å². The Morgan fingerprint density at radius 1 is 1.39 bits per heavy atom. The molecule has 2 rings (SSSR count). The zero-order valence-electron chi connectivity index (χ0n) is 9.85. The molecular formula is C14H14NO3. The summed E-state index contributed by atoms with van der Waals surface area (Å²) in [5, 5.41) is 10.3. The standard InChI is InChI=1S/C14H14NO3/c15-14(17)13-9-11(18-7-3-6-16)8-10-4-1-2-5-12(10)13/h1-2,4-5,8,16H,3,6-7H2,(H2,15,17). The van der Waals surface area contributed by atoms with Crippen molar-refractivity contribution in [2.24, 2.45) is 5.73 Å². The van der Waals surface area contributed by atoms with Crippen molar-refractivity contribution < 1.29 is 14.6 Å². The lowest BCUT2D eigenvalue weighted by Crippen LogP contribution is -2.12. The van der Waals surface area contributed by atoms with Gasteiger partial charge in [0.25, 0.3) is 0 Å². The molecule has 0 spiro atoms. The van der Waals surface area contributed by atoms with Crippen LogP contribution in [-0.4, -0.2) is 24.2 Å². The summed E-state index contributed by atoms with van der Waals surface area (Å²) in [6.07, 6.45) is 0.534. The van der Waals surface area contributed by atoms with Gasteiger partial charge in [-0.1, -0.05) is 24.3 Å². The molecule has 18 heavy (non-hydrogen) atoms. The topological polar surface area (TPSA) is 72.6 Å². The summed E-state index contributed by atoms with van der Waals surface area (Å²) in [6.45, 7) is 0.444. The number of primary amides is 1. The first-order valence-corrected chi connectivity index (χ1v) is 5.71. The van der Waals surface area contributed by atoms with Crippen molar-refractivity contribution in [3.63, 3.8) is 0 Å². The fourth-order valence-corrected chi connectivity index (χ4v) is 1.74. The van der Waals surface area contributed by atoms with Gasteiger partial charge in [-0.2, -0.15) is 0 Å². The Morgan fingerprint density at radius 2 is 2.17 bits per heavy atom. The monoisotopic (exact) mass is 244 g/mol. The molecule has 0 atom stereocenters. The van der Waals surface area contributed by atoms with Crippen molar-refractivity contribution in [1.29, 1.82) is 0 Å². The van der Waals surface area contributed by atoms with E-state index >= 15 is 0 Å². The van der Waals surface area contributed by atoms with Gasteiger partial charge in [0.2, 0.25) is 5.91 Å². The Morgan fingerprint density at radius 3 is 2.89 bits per heavy atom. The summed E-state index contributed by atoms with van der Waals surface area (Å²) in [7, 11) is 0. The summed E-state index contributed by atoms with van der Waals surface area (Å²) in [6, 6.07) is 12.1. The van der Waals surface area contributed by atoms with E-state index in [-0.39, 0.29) is 6.61 Å². The second-order valence-electron chi connectivity index (χ2n) is 3.89. The lowest BCUT2D eigenvalue weighted by molar-refractivity contribution is 0.100. The summed E-state index contributed by atoms with van der Waals surface area (Å²) in [4.78, 5) is 11.4. The average molecular weight is 244 g/mol. The van der Waals surface area contributed by atoms with E-state index in [4.69, 9.17) is 15.6 Å². The van der Waals surface area contributed by atoms with E-state index in [1.807, 2.05) is 24.3 Å². The number of hydrogen-bond donors (Lipinski definition) is 2. The molecule has 3 N–H and O–H groups in total. The Labute approximate surface area is 105 Å². The third-order valence-electron chi connectivity index (χ3n) is 2.57. The van der Waals surface area contributed by atoms with E-state index in [0.717, 1.165) is 10.8 Å². The Bertz CT molecular complexity index is 566. The third-order valence-corrected chi connectivity index (χ3v) is 2.57. The number of aliphatic hydroxyl groups excluding tert-OH is 1. The quantitative estimate of drug-likeness (QED) is 0.783. The molecule has 0 bridgehead atoms. The molecular weight excluding hydrogens is 230 g/mol. The highest BCUT2D eigenvalue weighted by Gasteiger charge is 2.09. The number of carbonyl (C=O) groups excluding carboxylic acids is 1. The highest BCUT2D eigenvalue weighted by molar-refractivity contribution is 6.06. The summed E-state index contributed by atoms with van der Waals surface area (Å²) < 4.78 is 5.42. The van der Waals surface area contributed by atoms with E-state index in [2.05, 4.69) is 6.07 Å². The molecule has 0 heterocycles. The van der Waals surface area contributed by atoms with Crippen molar-refractivity contribution in [3.8, 4) is 5.75 Å². The van der Waals surface area contributed by atoms with Crippen LogP contribution >= 0.6 is 0 Å². The lowest BCUT2D eigenvalue weighted by atomic mass is 10.0. The SMILES string of the molecule is NC(=O)c1[c]c(OCCCO)cc2ccccc12. The van der Waals surface area contributed by atoms with Gasteiger partial charge in [-0.05, 0) is 16.8 Å². The zero-order chi connectivity index (χ0) is 13.0. The number of nitrogens with two attached hydrogens (primary N) is 1. The van der Waals surface area contributed by atoms with E-state index < -0.39 is 5.91 Å². The molecule has 0 aliphatic carbocycles. The van der Waals surface area contributed by atoms with Gasteiger partial charge in [0, 0.05) is 19.1 Å². The van der Waals surface area contributed by atoms with Gasteiger partial charge in [-0.15, -0.1) is 0 Å². The Balaban J connectivity index is 2.41. The number of rotatable bonds is 5. The highest BCUT2D eigenvalue weighted by atomic mass is 16.5. The first kappa shape index (κ1) is 12.4. The maximum absolute atomic E-state index is 11.4. The van der Waals surface area contributed by atoms with Gasteiger partial charge < -0.3 is 15.6 Å². The molecule has 0 fully saturated rings. The van der Waals surface area contributed by atoms with E-state index in [9.17, 15) is 4.79 Å². The minimum atomic E-state index is -0.529.